The van der Waals surface area contributed by atoms with Crippen molar-refractivity contribution in [2.45, 2.75) is 12.8 Å². The minimum absolute atomic E-state index is 0.0619. The number of hydrogen-bond donors (Lipinski definition) is 0. The second kappa shape index (κ2) is 7.00. The first-order valence-electron chi connectivity index (χ1n) is 8.68. The molecule has 0 bridgehead atoms. The second-order valence-electron chi connectivity index (χ2n) is 6.30. The molecule has 0 radical (unpaired) electrons. The Bertz CT molecular complexity index is 725. The van der Waals surface area contributed by atoms with Gasteiger partial charge in [0, 0.05) is 57.7 Å². The van der Waals surface area contributed by atoms with Gasteiger partial charge in [0.1, 0.15) is 23.7 Å². The van der Waals surface area contributed by atoms with Gasteiger partial charge in [-0.25, -0.2) is 15.0 Å². The van der Waals surface area contributed by atoms with E-state index in [0.29, 0.717) is 18.8 Å². The molecule has 4 heterocycles. The first kappa shape index (κ1) is 15.7. The Morgan fingerprint density at radius 2 is 1.52 bits per heavy atom. The summed E-state index contributed by atoms with van der Waals surface area (Å²) in [5.41, 5.74) is 0.398. The van der Waals surface area contributed by atoms with Crippen molar-refractivity contribution in [3.05, 3.63) is 36.7 Å². The summed E-state index contributed by atoms with van der Waals surface area (Å²) in [7, 11) is 0. The summed E-state index contributed by atoms with van der Waals surface area (Å²) in [5, 5.41) is 0. The summed E-state index contributed by atoms with van der Waals surface area (Å²) in [6.07, 6.45) is 8.72. The maximum atomic E-state index is 12.4. The van der Waals surface area contributed by atoms with Crippen LogP contribution in [-0.2, 0) is 0 Å². The van der Waals surface area contributed by atoms with Gasteiger partial charge < -0.3 is 14.7 Å². The molecule has 130 valence electrons. The molecule has 0 unspecified atom stereocenters. The lowest BCUT2D eigenvalue weighted by atomic mass is 10.2. The van der Waals surface area contributed by atoms with Crippen LogP contribution in [0.4, 0.5) is 11.6 Å². The van der Waals surface area contributed by atoms with Crippen LogP contribution in [0, 0.1) is 0 Å². The van der Waals surface area contributed by atoms with Crippen molar-refractivity contribution >= 4 is 17.5 Å². The highest BCUT2D eigenvalue weighted by atomic mass is 16.2. The number of hydrogen-bond acceptors (Lipinski definition) is 7. The van der Waals surface area contributed by atoms with Crippen LogP contribution in [-0.4, -0.2) is 70.0 Å². The van der Waals surface area contributed by atoms with Crippen LogP contribution >= 0.6 is 0 Å². The third-order valence-corrected chi connectivity index (χ3v) is 4.74. The normalized spacial score (nSPS) is 17.8. The highest BCUT2D eigenvalue weighted by molar-refractivity contribution is 5.92. The molecule has 2 fully saturated rings. The highest BCUT2D eigenvalue weighted by Crippen LogP contribution is 2.22. The minimum Gasteiger partial charge on any atom is -0.356 e. The van der Waals surface area contributed by atoms with E-state index in [-0.39, 0.29) is 5.91 Å². The van der Waals surface area contributed by atoms with Gasteiger partial charge in [-0.05, 0) is 12.8 Å². The van der Waals surface area contributed by atoms with Crippen LogP contribution in [0.3, 0.4) is 0 Å². The molecule has 0 spiro atoms. The SMILES string of the molecule is O=C(c1cnccn1)N1CCN(c2cc(N3CCCC3)ncn2)CC1. The average Bonchev–Trinajstić information content (AvgIpc) is 3.23. The van der Waals surface area contributed by atoms with Crippen molar-refractivity contribution in [2.24, 2.45) is 0 Å². The highest BCUT2D eigenvalue weighted by Gasteiger charge is 2.24. The van der Waals surface area contributed by atoms with E-state index in [1.807, 2.05) is 4.90 Å². The first-order chi connectivity index (χ1) is 12.3. The molecule has 2 aliphatic rings. The second-order valence-corrected chi connectivity index (χ2v) is 6.30. The Balaban J connectivity index is 1.40. The van der Waals surface area contributed by atoms with Gasteiger partial charge in [0.2, 0.25) is 0 Å². The Morgan fingerprint density at radius 3 is 2.16 bits per heavy atom. The number of carbonyl (C=O) groups is 1. The zero-order valence-corrected chi connectivity index (χ0v) is 14.1. The van der Waals surface area contributed by atoms with E-state index in [1.54, 1.807) is 18.7 Å². The van der Waals surface area contributed by atoms with Gasteiger partial charge in [0.25, 0.3) is 5.91 Å². The fraction of sp³-hybridized carbons (Fsp3) is 0.471. The number of amides is 1. The lowest BCUT2D eigenvalue weighted by Gasteiger charge is -2.35. The quantitative estimate of drug-likeness (QED) is 0.819. The monoisotopic (exact) mass is 339 g/mol. The lowest BCUT2D eigenvalue weighted by molar-refractivity contribution is 0.0740. The summed E-state index contributed by atoms with van der Waals surface area (Å²) in [5.74, 6) is 1.87. The molecule has 0 N–H and O–H groups in total. The molecule has 1 amide bonds. The number of piperazine rings is 1. The average molecular weight is 339 g/mol. The van der Waals surface area contributed by atoms with Gasteiger partial charge in [-0.2, -0.15) is 0 Å². The molecule has 2 aliphatic heterocycles. The van der Waals surface area contributed by atoms with Crippen molar-refractivity contribution in [1.29, 1.82) is 0 Å². The van der Waals surface area contributed by atoms with Crippen LogP contribution in [0.5, 0.6) is 0 Å². The van der Waals surface area contributed by atoms with Crippen molar-refractivity contribution in [1.82, 2.24) is 24.8 Å². The molecular weight excluding hydrogens is 318 g/mol. The van der Waals surface area contributed by atoms with Gasteiger partial charge in [-0.1, -0.05) is 0 Å². The molecule has 2 aromatic rings. The van der Waals surface area contributed by atoms with Gasteiger partial charge >= 0.3 is 0 Å². The van der Waals surface area contributed by atoms with E-state index in [9.17, 15) is 4.79 Å². The van der Waals surface area contributed by atoms with E-state index in [4.69, 9.17) is 0 Å². The van der Waals surface area contributed by atoms with Crippen LogP contribution in [0.15, 0.2) is 31.0 Å². The Morgan fingerprint density at radius 1 is 0.840 bits per heavy atom. The molecule has 2 saturated heterocycles. The van der Waals surface area contributed by atoms with Gasteiger partial charge in [0.15, 0.2) is 0 Å². The smallest absolute Gasteiger partial charge is 0.274 e. The van der Waals surface area contributed by atoms with Gasteiger partial charge in [0.05, 0.1) is 6.20 Å². The molecular formula is C17H21N7O. The number of anilines is 2. The third kappa shape index (κ3) is 3.38. The molecule has 8 nitrogen and oxygen atoms in total. The van der Waals surface area contributed by atoms with Crippen LogP contribution in [0.25, 0.3) is 0 Å². The van der Waals surface area contributed by atoms with Crippen molar-refractivity contribution < 1.29 is 4.79 Å². The first-order valence-corrected chi connectivity index (χ1v) is 8.68. The van der Waals surface area contributed by atoms with Gasteiger partial charge in [-0.3, -0.25) is 9.78 Å². The molecule has 0 saturated carbocycles. The minimum atomic E-state index is -0.0619. The van der Waals surface area contributed by atoms with Gasteiger partial charge in [-0.15, -0.1) is 0 Å². The van der Waals surface area contributed by atoms with Crippen LogP contribution in [0.2, 0.25) is 0 Å². The molecule has 0 aliphatic carbocycles. The summed E-state index contributed by atoms with van der Waals surface area (Å²) in [4.78, 5) is 35.7. The van der Waals surface area contributed by atoms with Crippen LogP contribution in [0.1, 0.15) is 23.3 Å². The zero-order chi connectivity index (χ0) is 17.1. The summed E-state index contributed by atoms with van der Waals surface area (Å²) in [6.45, 7) is 4.94. The Kier molecular flexibility index (Phi) is 4.41. The van der Waals surface area contributed by atoms with E-state index in [2.05, 4.69) is 35.8 Å². The lowest BCUT2D eigenvalue weighted by Crippen LogP contribution is -2.49. The number of aromatic nitrogens is 4. The summed E-state index contributed by atoms with van der Waals surface area (Å²) < 4.78 is 0. The van der Waals surface area contributed by atoms with E-state index in [1.165, 1.54) is 19.0 Å². The largest absolute Gasteiger partial charge is 0.356 e. The topological polar surface area (TPSA) is 78.4 Å². The van der Waals surface area contributed by atoms with E-state index < -0.39 is 0 Å². The van der Waals surface area contributed by atoms with Crippen molar-refractivity contribution in [3.63, 3.8) is 0 Å². The number of carbonyl (C=O) groups excluding carboxylic acids is 1. The fourth-order valence-corrected chi connectivity index (χ4v) is 3.34. The molecule has 0 aromatic carbocycles. The van der Waals surface area contributed by atoms with Crippen molar-refractivity contribution in [3.8, 4) is 0 Å². The van der Waals surface area contributed by atoms with E-state index >= 15 is 0 Å². The molecule has 8 heteroatoms. The number of nitrogens with zero attached hydrogens (tertiary/aromatic N) is 7. The maximum absolute atomic E-state index is 12.4. The molecule has 25 heavy (non-hydrogen) atoms. The Labute approximate surface area is 146 Å². The van der Waals surface area contributed by atoms with Crippen LogP contribution < -0.4 is 9.80 Å². The number of rotatable bonds is 3. The van der Waals surface area contributed by atoms with Crippen molar-refractivity contribution in [2.75, 3.05) is 49.1 Å². The standard InChI is InChI=1S/C17H21N7O/c25-17(14-12-18-3-4-19-14)24-9-7-23(8-10-24)16-11-15(20-13-21-16)22-5-1-2-6-22/h3-4,11-13H,1-2,5-10H2. The molecule has 4 rings (SSSR count). The summed E-state index contributed by atoms with van der Waals surface area (Å²) >= 11 is 0. The molecule has 0 atom stereocenters. The maximum Gasteiger partial charge on any atom is 0.274 e. The third-order valence-electron chi connectivity index (χ3n) is 4.74. The predicted octanol–water partition coefficient (Wildman–Crippen LogP) is 0.829. The fourth-order valence-electron chi connectivity index (χ4n) is 3.34. The molecule has 2 aromatic heterocycles. The van der Waals surface area contributed by atoms with E-state index in [0.717, 1.165) is 37.8 Å². The summed E-state index contributed by atoms with van der Waals surface area (Å²) in [6, 6.07) is 2.06. The zero-order valence-electron chi connectivity index (χ0n) is 14.1. The predicted molar refractivity (Wildman–Crippen MR) is 93.6 cm³/mol. The Hall–Kier alpha value is -2.77.